The van der Waals surface area contributed by atoms with Crippen LogP contribution in [0.15, 0.2) is 0 Å². The zero-order chi connectivity index (χ0) is 2.00. The van der Waals surface area contributed by atoms with Crippen molar-refractivity contribution in [1.29, 1.82) is 5.26 Å². The molecule has 0 saturated heterocycles. The third-order valence-corrected chi connectivity index (χ3v) is 0. The van der Waals surface area contributed by atoms with Crippen LogP contribution in [-0.2, 0) is 22.4 Å². The van der Waals surface area contributed by atoms with Gasteiger partial charge in [-0.15, -0.1) is 0 Å². The first-order valence-corrected chi connectivity index (χ1v) is 0.258. The molecule has 0 aliphatic heterocycles. The second-order valence-corrected chi connectivity index (χ2v) is 0. The average Bonchev–Trinajstić information content (AvgIpc) is 1.00. The van der Waals surface area contributed by atoms with Crippen molar-refractivity contribution in [3.05, 3.63) is 0 Å². The Hall–Kier alpha value is 1.23. The summed E-state index contributed by atoms with van der Waals surface area (Å²) in [6.07, 6.45) is 0. The van der Waals surface area contributed by atoms with Gasteiger partial charge in [0.1, 0.15) is 0 Å². The molecule has 3 heteroatoms. The van der Waals surface area contributed by atoms with Crippen molar-refractivity contribution in [2.45, 2.75) is 0 Å². The summed E-state index contributed by atoms with van der Waals surface area (Å²) in [5.41, 5.74) is 0. The molecule has 0 amide bonds. The van der Waals surface area contributed by atoms with E-state index >= 15 is 0 Å². The SMILES string of the molecule is C#N.[Au].[H-].[Na+]. The minimum Gasteiger partial charge on any atom is -1.00 e. The predicted molar refractivity (Wildman–Crippen MR) is 7.78 cm³/mol. The third kappa shape index (κ3) is 10.6. The third-order valence-electron chi connectivity index (χ3n) is 0. The molecule has 23 valence electrons. The van der Waals surface area contributed by atoms with E-state index in [1.165, 1.54) is 0 Å². The van der Waals surface area contributed by atoms with Gasteiger partial charge in [-0.05, 0) is 0 Å². The van der Waals surface area contributed by atoms with E-state index < -0.39 is 0 Å². The number of hydrogen-bond donors (Lipinski definition) is 0. The molecular weight excluding hydrogens is 246 g/mol. The van der Waals surface area contributed by atoms with E-state index in [1.807, 2.05) is 0 Å². The molecule has 0 rings (SSSR count). The Morgan fingerprint density at radius 2 is 1.50 bits per heavy atom. The van der Waals surface area contributed by atoms with Gasteiger partial charge in [-0.1, -0.05) is 0 Å². The molecule has 0 aliphatic carbocycles. The van der Waals surface area contributed by atoms with Gasteiger partial charge in [0.05, 0.1) is 0 Å². The Morgan fingerprint density at radius 1 is 1.50 bits per heavy atom. The van der Waals surface area contributed by atoms with Gasteiger partial charge < -0.3 is 1.43 Å². The van der Waals surface area contributed by atoms with Gasteiger partial charge in [0.25, 0.3) is 0 Å². The van der Waals surface area contributed by atoms with Crippen LogP contribution in [0.3, 0.4) is 0 Å². The van der Waals surface area contributed by atoms with E-state index in [2.05, 4.69) is 6.57 Å². The van der Waals surface area contributed by atoms with Crippen LogP contribution in [0.1, 0.15) is 1.43 Å². The van der Waals surface area contributed by atoms with Crippen LogP contribution >= 0.6 is 0 Å². The van der Waals surface area contributed by atoms with Crippen LogP contribution in [0.5, 0.6) is 0 Å². The van der Waals surface area contributed by atoms with Crippen molar-refractivity contribution >= 4 is 0 Å². The second-order valence-electron chi connectivity index (χ2n) is 0. The maximum Gasteiger partial charge on any atom is 1.00 e. The van der Waals surface area contributed by atoms with Gasteiger partial charge >= 0.3 is 29.6 Å². The van der Waals surface area contributed by atoms with E-state index in [0.29, 0.717) is 0 Å². The summed E-state index contributed by atoms with van der Waals surface area (Å²) in [4.78, 5) is 0. The summed E-state index contributed by atoms with van der Waals surface area (Å²) in [6, 6.07) is 0. The average molecular weight is 248 g/mol. The molecule has 4 heavy (non-hydrogen) atoms. The monoisotopic (exact) mass is 248 g/mol. The Balaban J connectivity index is -0.00000000167. The van der Waals surface area contributed by atoms with Crippen molar-refractivity contribution < 1.29 is 53.4 Å². The molecular formula is CH2AuNNa. The molecule has 0 saturated carbocycles. The van der Waals surface area contributed by atoms with Gasteiger partial charge in [-0.2, -0.15) is 0 Å². The van der Waals surface area contributed by atoms with Crippen LogP contribution in [0.25, 0.3) is 0 Å². The molecule has 0 unspecified atom stereocenters. The van der Waals surface area contributed by atoms with Gasteiger partial charge in [-0.25, -0.2) is 5.26 Å². The van der Waals surface area contributed by atoms with Crippen molar-refractivity contribution in [3.63, 3.8) is 0 Å². The van der Waals surface area contributed by atoms with Gasteiger partial charge in [-0.3, -0.25) is 0 Å². The summed E-state index contributed by atoms with van der Waals surface area (Å²) in [6.45, 7) is 3.50. The molecule has 0 bridgehead atoms. The Morgan fingerprint density at radius 3 is 1.50 bits per heavy atom. The van der Waals surface area contributed by atoms with E-state index in [1.54, 1.807) is 0 Å². The van der Waals surface area contributed by atoms with Crippen molar-refractivity contribution in [3.8, 4) is 6.57 Å². The molecule has 0 fully saturated rings. The van der Waals surface area contributed by atoms with Crippen molar-refractivity contribution in [1.82, 2.24) is 0 Å². The first-order chi connectivity index (χ1) is 1.00. The first kappa shape index (κ1) is 18.8. The van der Waals surface area contributed by atoms with Gasteiger partial charge in [0.15, 0.2) is 0 Å². The van der Waals surface area contributed by atoms with E-state index in [9.17, 15) is 0 Å². The molecule has 0 aromatic carbocycles. The summed E-state index contributed by atoms with van der Waals surface area (Å²) in [7, 11) is 0. The zero-order valence-electron chi connectivity index (χ0n) is 3.33. The molecule has 0 aliphatic rings. The number of rotatable bonds is 0. The second kappa shape index (κ2) is 29.2. The Bertz CT molecular complexity index is 16.4. The summed E-state index contributed by atoms with van der Waals surface area (Å²) in [5, 5.41) is 6.50. The van der Waals surface area contributed by atoms with Crippen molar-refractivity contribution in [2.24, 2.45) is 0 Å². The number of nitriles is 1. The molecule has 0 heterocycles. The van der Waals surface area contributed by atoms with E-state index in [-0.39, 0.29) is 53.4 Å². The molecule has 0 aromatic heterocycles. The number of nitrogens with zero attached hydrogens (tertiary/aromatic N) is 1. The topological polar surface area (TPSA) is 23.8 Å². The maximum atomic E-state index is 6.50. The maximum absolute atomic E-state index is 6.50. The Kier molecular flexibility index (Phi) is 137. The van der Waals surface area contributed by atoms with Gasteiger partial charge in [0.2, 0.25) is 0 Å². The smallest absolute Gasteiger partial charge is 1.00 e. The fourth-order valence-electron chi connectivity index (χ4n) is 0. The summed E-state index contributed by atoms with van der Waals surface area (Å²) in [5.74, 6) is 0. The molecule has 1 radical (unpaired) electrons. The minimum atomic E-state index is 0. The standard InChI is InChI=1S/CHN.Au.Na.H/c1-2;;;/h1H;;;/q;;+1;-1. The molecule has 0 atom stereocenters. The minimum absolute atomic E-state index is 0. The number of hydrogen-bond acceptors (Lipinski definition) is 1. The molecule has 1 nitrogen and oxygen atoms in total. The predicted octanol–water partition coefficient (Wildman–Crippen LogP) is -2.75. The molecule has 0 N–H and O–H groups in total. The molecule has 0 spiro atoms. The molecule has 0 aromatic rings. The normalized spacial score (nSPS) is 0.500. The summed E-state index contributed by atoms with van der Waals surface area (Å²) < 4.78 is 0. The summed E-state index contributed by atoms with van der Waals surface area (Å²) >= 11 is 0. The van der Waals surface area contributed by atoms with Crippen LogP contribution in [0.2, 0.25) is 0 Å². The van der Waals surface area contributed by atoms with Crippen molar-refractivity contribution in [2.75, 3.05) is 0 Å². The van der Waals surface area contributed by atoms with Crippen LogP contribution in [-0.4, -0.2) is 0 Å². The van der Waals surface area contributed by atoms with E-state index in [0.717, 1.165) is 0 Å². The Labute approximate surface area is 64.7 Å². The van der Waals surface area contributed by atoms with Crippen LogP contribution < -0.4 is 29.6 Å². The fourth-order valence-corrected chi connectivity index (χ4v) is 0. The van der Waals surface area contributed by atoms with Crippen LogP contribution in [0, 0.1) is 11.8 Å². The zero-order valence-corrected chi connectivity index (χ0v) is 6.49. The van der Waals surface area contributed by atoms with Gasteiger partial charge in [0, 0.05) is 29.0 Å². The van der Waals surface area contributed by atoms with Crippen LogP contribution in [0.4, 0.5) is 0 Å². The van der Waals surface area contributed by atoms with E-state index in [4.69, 9.17) is 5.26 Å². The largest absolute Gasteiger partial charge is 1.00 e. The first-order valence-electron chi connectivity index (χ1n) is 0.258. The quantitative estimate of drug-likeness (QED) is 0.426. The fraction of sp³-hybridized carbons (Fsp3) is 0.